The number of nitrogens with zero attached hydrogens (tertiary/aromatic N) is 2. The lowest BCUT2D eigenvalue weighted by Crippen LogP contribution is -2.49. The molecule has 4 heteroatoms. The third-order valence-corrected chi connectivity index (χ3v) is 4.22. The van der Waals surface area contributed by atoms with E-state index in [1.54, 1.807) is 0 Å². The molecule has 1 saturated heterocycles. The lowest BCUT2D eigenvalue weighted by molar-refractivity contribution is 0.0986. The summed E-state index contributed by atoms with van der Waals surface area (Å²) in [5.74, 6) is 0. The molecule has 0 saturated carbocycles. The molecule has 1 fully saturated rings. The van der Waals surface area contributed by atoms with Crippen molar-refractivity contribution in [2.45, 2.75) is 19.4 Å². The van der Waals surface area contributed by atoms with Crippen LogP contribution in [0.1, 0.15) is 24.9 Å². The van der Waals surface area contributed by atoms with E-state index in [0.717, 1.165) is 36.8 Å². The summed E-state index contributed by atoms with van der Waals surface area (Å²) in [5.41, 5.74) is 7.15. The quantitative estimate of drug-likeness (QED) is 0.899. The lowest BCUT2D eigenvalue weighted by Gasteiger charge is -2.39. The Labute approximate surface area is 121 Å². The van der Waals surface area contributed by atoms with Crippen LogP contribution >= 0.6 is 11.6 Å². The van der Waals surface area contributed by atoms with Crippen LogP contribution in [0.3, 0.4) is 0 Å². The Morgan fingerprint density at radius 2 is 1.89 bits per heavy atom. The van der Waals surface area contributed by atoms with Crippen molar-refractivity contribution in [1.82, 2.24) is 9.80 Å². The summed E-state index contributed by atoms with van der Waals surface area (Å²) in [4.78, 5) is 4.99. The van der Waals surface area contributed by atoms with Gasteiger partial charge in [-0.2, -0.15) is 0 Å². The van der Waals surface area contributed by atoms with Gasteiger partial charge in [-0.1, -0.05) is 36.7 Å². The van der Waals surface area contributed by atoms with Gasteiger partial charge < -0.3 is 10.6 Å². The van der Waals surface area contributed by atoms with Crippen molar-refractivity contribution < 1.29 is 0 Å². The van der Waals surface area contributed by atoms with Gasteiger partial charge >= 0.3 is 0 Å². The SMILES string of the molecule is CCCN1CCN(C(CN)c2ccccc2Cl)CC1. The predicted molar refractivity (Wildman–Crippen MR) is 81.6 cm³/mol. The van der Waals surface area contributed by atoms with Crippen LogP contribution in [0.5, 0.6) is 0 Å². The number of piperazine rings is 1. The molecule has 1 aliphatic rings. The number of benzene rings is 1. The van der Waals surface area contributed by atoms with Gasteiger partial charge in [0, 0.05) is 43.8 Å². The first-order valence-corrected chi connectivity index (χ1v) is 7.55. The van der Waals surface area contributed by atoms with Crippen molar-refractivity contribution in [1.29, 1.82) is 0 Å². The highest BCUT2D eigenvalue weighted by Gasteiger charge is 2.24. The summed E-state index contributed by atoms with van der Waals surface area (Å²) < 4.78 is 0. The van der Waals surface area contributed by atoms with Crippen molar-refractivity contribution in [3.05, 3.63) is 34.9 Å². The van der Waals surface area contributed by atoms with Crippen LogP contribution in [-0.2, 0) is 0 Å². The maximum atomic E-state index is 6.30. The van der Waals surface area contributed by atoms with Crippen LogP contribution in [0.2, 0.25) is 5.02 Å². The first-order chi connectivity index (χ1) is 9.26. The molecule has 1 aromatic carbocycles. The molecular weight excluding hydrogens is 258 g/mol. The molecule has 1 heterocycles. The second-order valence-corrected chi connectivity index (χ2v) is 5.56. The van der Waals surface area contributed by atoms with E-state index in [0.29, 0.717) is 6.54 Å². The molecule has 0 aliphatic carbocycles. The number of rotatable bonds is 5. The molecule has 1 unspecified atom stereocenters. The normalized spacial score (nSPS) is 19.5. The van der Waals surface area contributed by atoms with Crippen molar-refractivity contribution >= 4 is 11.6 Å². The van der Waals surface area contributed by atoms with Gasteiger partial charge in [0.1, 0.15) is 0 Å². The third kappa shape index (κ3) is 3.69. The summed E-state index contributed by atoms with van der Waals surface area (Å²) >= 11 is 6.30. The van der Waals surface area contributed by atoms with Gasteiger partial charge in [0.05, 0.1) is 0 Å². The van der Waals surface area contributed by atoms with E-state index < -0.39 is 0 Å². The molecule has 0 radical (unpaired) electrons. The molecule has 1 aromatic rings. The van der Waals surface area contributed by atoms with Crippen molar-refractivity contribution in [2.75, 3.05) is 39.3 Å². The predicted octanol–water partition coefficient (Wildman–Crippen LogP) is 2.37. The van der Waals surface area contributed by atoms with E-state index >= 15 is 0 Å². The average molecular weight is 282 g/mol. The van der Waals surface area contributed by atoms with Gasteiger partial charge in [0.15, 0.2) is 0 Å². The Bertz CT molecular complexity index is 389. The molecular formula is C15H24ClN3. The fourth-order valence-corrected chi connectivity index (χ4v) is 3.09. The largest absolute Gasteiger partial charge is 0.329 e. The van der Waals surface area contributed by atoms with Gasteiger partial charge in [-0.3, -0.25) is 4.90 Å². The minimum absolute atomic E-state index is 0.248. The molecule has 0 spiro atoms. The van der Waals surface area contributed by atoms with E-state index in [2.05, 4.69) is 22.8 Å². The molecule has 2 N–H and O–H groups in total. The van der Waals surface area contributed by atoms with Gasteiger partial charge in [-0.15, -0.1) is 0 Å². The molecule has 106 valence electrons. The monoisotopic (exact) mass is 281 g/mol. The summed E-state index contributed by atoms with van der Waals surface area (Å²) in [7, 11) is 0. The average Bonchev–Trinajstić information content (AvgIpc) is 2.44. The summed E-state index contributed by atoms with van der Waals surface area (Å²) in [6.45, 7) is 8.48. The first kappa shape index (κ1) is 14.8. The lowest BCUT2D eigenvalue weighted by atomic mass is 10.0. The Morgan fingerprint density at radius 3 is 2.47 bits per heavy atom. The summed E-state index contributed by atoms with van der Waals surface area (Å²) in [5, 5.41) is 0.828. The Balaban J connectivity index is 2.02. The molecule has 2 rings (SSSR count). The van der Waals surface area contributed by atoms with Crippen molar-refractivity contribution in [3.8, 4) is 0 Å². The van der Waals surface area contributed by atoms with E-state index in [9.17, 15) is 0 Å². The number of hydrogen-bond acceptors (Lipinski definition) is 3. The summed E-state index contributed by atoms with van der Waals surface area (Å²) in [6.07, 6.45) is 1.23. The fourth-order valence-electron chi connectivity index (χ4n) is 2.83. The highest BCUT2D eigenvalue weighted by molar-refractivity contribution is 6.31. The third-order valence-electron chi connectivity index (χ3n) is 3.87. The minimum Gasteiger partial charge on any atom is -0.329 e. The molecule has 3 nitrogen and oxygen atoms in total. The van der Waals surface area contributed by atoms with Crippen LogP contribution in [0.4, 0.5) is 0 Å². The van der Waals surface area contributed by atoms with Gasteiger partial charge in [0.25, 0.3) is 0 Å². The second-order valence-electron chi connectivity index (χ2n) is 5.15. The zero-order chi connectivity index (χ0) is 13.7. The fraction of sp³-hybridized carbons (Fsp3) is 0.600. The van der Waals surface area contributed by atoms with Crippen LogP contribution < -0.4 is 5.73 Å². The Morgan fingerprint density at radius 1 is 1.21 bits per heavy atom. The van der Waals surface area contributed by atoms with Crippen molar-refractivity contribution in [3.63, 3.8) is 0 Å². The van der Waals surface area contributed by atoms with Crippen LogP contribution in [0, 0.1) is 0 Å². The van der Waals surface area contributed by atoms with E-state index in [4.69, 9.17) is 17.3 Å². The van der Waals surface area contributed by atoms with Gasteiger partial charge in [-0.05, 0) is 24.6 Å². The smallest absolute Gasteiger partial charge is 0.0486 e. The van der Waals surface area contributed by atoms with Crippen LogP contribution in [0.15, 0.2) is 24.3 Å². The maximum Gasteiger partial charge on any atom is 0.0486 e. The van der Waals surface area contributed by atoms with E-state index in [1.807, 2.05) is 18.2 Å². The molecule has 1 atom stereocenters. The Kier molecular flexibility index (Phi) is 5.64. The number of hydrogen-bond donors (Lipinski definition) is 1. The molecule has 0 aromatic heterocycles. The van der Waals surface area contributed by atoms with Crippen molar-refractivity contribution in [2.24, 2.45) is 5.73 Å². The van der Waals surface area contributed by atoms with Crippen LogP contribution in [0.25, 0.3) is 0 Å². The topological polar surface area (TPSA) is 32.5 Å². The zero-order valence-corrected chi connectivity index (χ0v) is 12.4. The highest BCUT2D eigenvalue weighted by atomic mass is 35.5. The summed E-state index contributed by atoms with van der Waals surface area (Å²) in [6, 6.07) is 8.30. The van der Waals surface area contributed by atoms with Crippen LogP contribution in [-0.4, -0.2) is 49.1 Å². The molecule has 0 bridgehead atoms. The van der Waals surface area contributed by atoms with E-state index in [-0.39, 0.29) is 6.04 Å². The van der Waals surface area contributed by atoms with E-state index in [1.165, 1.54) is 13.0 Å². The maximum absolute atomic E-state index is 6.30. The van der Waals surface area contributed by atoms with Gasteiger partial charge in [-0.25, -0.2) is 0 Å². The minimum atomic E-state index is 0.248. The first-order valence-electron chi connectivity index (χ1n) is 7.17. The molecule has 19 heavy (non-hydrogen) atoms. The second kappa shape index (κ2) is 7.25. The van der Waals surface area contributed by atoms with Gasteiger partial charge in [0.2, 0.25) is 0 Å². The highest BCUT2D eigenvalue weighted by Crippen LogP contribution is 2.27. The number of halogens is 1. The number of nitrogens with two attached hydrogens (primary N) is 1. The molecule has 0 amide bonds. The zero-order valence-electron chi connectivity index (χ0n) is 11.7. The molecule has 1 aliphatic heterocycles. The Hall–Kier alpha value is -0.610. The standard InChI is InChI=1S/C15H24ClN3/c1-2-7-18-8-10-19(11-9-18)15(12-17)13-5-3-4-6-14(13)16/h3-6,15H,2,7-12,17H2,1H3.